The van der Waals surface area contributed by atoms with Gasteiger partial charge in [0.1, 0.15) is 0 Å². The molecule has 1 aromatic carbocycles. The molecule has 0 bridgehead atoms. The molecule has 0 atom stereocenters. The highest BCUT2D eigenvalue weighted by Gasteiger charge is 2.37. The predicted molar refractivity (Wildman–Crippen MR) is 121 cm³/mol. The fourth-order valence-corrected chi connectivity index (χ4v) is 5.82. The lowest BCUT2D eigenvalue weighted by Gasteiger charge is -2.30. The number of rotatable bonds is 3. The van der Waals surface area contributed by atoms with E-state index in [2.05, 4.69) is 48.0 Å². The van der Waals surface area contributed by atoms with Gasteiger partial charge in [-0.25, -0.2) is 0 Å². The van der Waals surface area contributed by atoms with Crippen molar-refractivity contribution in [3.63, 3.8) is 0 Å². The first-order valence-corrected chi connectivity index (χ1v) is 11.3. The normalized spacial score (nSPS) is 18.3. The van der Waals surface area contributed by atoms with Gasteiger partial charge in [-0.1, -0.05) is 32.0 Å². The molecule has 1 aliphatic heterocycles. The monoisotopic (exact) mass is 417 g/mol. The van der Waals surface area contributed by atoms with Gasteiger partial charge in [-0.05, 0) is 47.2 Å². The van der Waals surface area contributed by atoms with E-state index < -0.39 is 0 Å². The van der Waals surface area contributed by atoms with E-state index in [0.717, 1.165) is 54.4 Å². The second-order valence-corrected chi connectivity index (χ2v) is 9.85. The molecule has 0 unspecified atom stereocenters. The van der Waals surface area contributed by atoms with Crippen LogP contribution in [0.15, 0.2) is 42.6 Å². The molecule has 1 saturated heterocycles. The van der Waals surface area contributed by atoms with Crippen LogP contribution >= 0.6 is 11.3 Å². The predicted octanol–water partition coefficient (Wildman–Crippen LogP) is 5.27. The first-order valence-electron chi connectivity index (χ1n) is 10.5. The van der Waals surface area contributed by atoms with Crippen molar-refractivity contribution >= 4 is 22.1 Å². The Morgan fingerprint density at radius 1 is 1.17 bits per heavy atom. The van der Waals surface area contributed by atoms with Crippen LogP contribution < -0.4 is 4.90 Å². The van der Waals surface area contributed by atoms with Gasteiger partial charge >= 0.3 is 0 Å². The van der Waals surface area contributed by atoms with Crippen molar-refractivity contribution in [2.45, 2.75) is 26.7 Å². The Labute approximate surface area is 181 Å². The summed E-state index contributed by atoms with van der Waals surface area (Å²) in [4.78, 5) is 20.9. The van der Waals surface area contributed by atoms with Gasteiger partial charge in [0.2, 0.25) is 0 Å². The van der Waals surface area contributed by atoms with Crippen LogP contribution in [0, 0.1) is 11.5 Å². The lowest BCUT2D eigenvalue weighted by molar-refractivity contribution is 0.0918. The van der Waals surface area contributed by atoms with Gasteiger partial charge in [-0.2, -0.15) is 0 Å². The Hall–Kier alpha value is -2.50. The van der Waals surface area contributed by atoms with Crippen molar-refractivity contribution in [2.75, 3.05) is 31.2 Å². The maximum Gasteiger partial charge on any atom is 0.173 e. The first kappa shape index (κ1) is 19.5. The van der Waals surface area contributed by atoms with Crippen LogP contribution in [0.25, 0.3) is 22.4 Å². The summed E-state index contributed by atoms with van der Waals surface area (Å²) in [5, 5.41) is 1.20. The minimum absolute atomic E-state index is 0.0214. The Kier molecular flexibility index (Phi) is 4.95. The number of anilines is 1. The van der Waals surface area contributed by atoms with E-state index in [4.69, 9.17) is 4.74 Å². The molecule has 0 amide bonds. The van der Waals surface area contributed by atoms with Gasteiger partial charge in [0.05, 0.1) is 28.8 Å². The zero-order chi connectivity index (χ0) is 20.7. The molecule has 1 aliphatic carbocycles. The van der Waals surface area contributed by atoms with Crippen LogP contribution in [-0.4, -0.2) is 37.1 Å². The molecule has 3 aromatic rings. The molecule has 0 saturated carbocycles. The van der Waals surface area contributed by atoms with E-state index in [0.29, 0.717) is 6.42 Å². The maximum atomic E-state index is 13.0. The molecule has 0 spiro atoms. The zero-order valence-electron chi connectivity index (χ0n) is 17.4. The van der Waals surface area contributed by atoms with E-state index in [1.165, 1.54) is 16.1 Å². The highest BCUT2D eigenvalue weighted by molar-refractivity contribution is 7.19. The summed E-state index contributed by atoms with van der Waals surface area (Å²) < 4.78 is 5.58. The summed E-state index contributed by atoms with van der Waals surface area (Å²) in [7, 11) is 0. The van der Waals surface area contributed by atoms with E-state index in [-0.39, 0.29) is 11.2 Å². The smallest absolute Gasteiger partial charge is 0.173 e. The molecule has 5 rings (SSSR count). The highest BCUT2D eigenvalue weighted by Crippen LogP contribution is 2.49. The number of ketones is 1. The topological polar surface area (TPSA) is 42.4 Å². The molecule has 2 aromatic heterocycles. The summed E-state index contributed by atoms with van der Waals surface area (Å²) in [6.45, 7) is 7.56. The lowest BCUT2D eigenvalue weighted by Crippen LogP contribution is -2.36. The quantitative estimate of drug-likeness (QED) is 0.582. The average molecular weight is 418 g/mol. The lowest BCUT2D eigenvalue weighted by atomic mass is 9.75. The van der Waals surface area contributed by atoms with Gasteiger partial charge in [-0.15, -0.1) is 11.3 Å². The summed E-state index contributed by atoms with van der Waals surface area (Å²) in [6.07, 6.45) is 3.41. The summed E-state index contributed by atoms with van der Waals surface area (Å²) in [5.41, 5.74) is 5.51. The largest absolute Gasteiger partial charge is 0.378 e. The molecule has 30 heavy (non-hydrogen) atoms. The molecule has 2 aliphatic rings. The second kappa shape index (κ2) is 7.64. The number of carbonyl (C=O) groups excluding carboxylic acids is 1. The van der Waals surface area contributed by atoms with E-state index in [1.54, 1.807) is 11.3 Å². The number of hydrogen-bond donors (Lipinski definition) is 0. The fraction of sp³-hybridized carbons (Fsp3) is 0.360. The zero-order valence-corrected chi connectivity index (χ0v) is 18.2. The van der Waals surface area contributed by atoms with Crippen molar-refractivity contribution in [3.8, 4) is 22.4 Å². The van der Waals surface area contributed by atoms with Gasteiger partial charge in [-0.3, -0.25) is 9.78 Å². The number of benzene rings is 1. The van der Waals surface area contributed by atoms with E-state index in [9.17, 15) is 4.79 Å². The van der Waals surface area contributed by atoms with Crippen LogP contribution in [-0.2, 0) is 11.2 Å². The SMILES string of the molecule is CC1(C)CC(=O)c2sc(N3CCOCC3)c(-c3ccnc(-c4c[c]ccc4)c3)c2C1. The summed E-state index contributed by atoms with van der Waals surface area (Å²) in [6, 6.07) is 15.3. The van der Waals surface area contributed by atoms with Crippen LogP contribution in [0.5, 0.6) is 0 Å². The van der Waals surface area contributed by atoms with Crippen LogP contribution in [0.1, 0.15) is 35.5 Å². The van der Waals surface area contributed by atoms with E-state index in [1.807, 2.05) is 24.4 Å². The third-order valence-corrected chi connectivity index (χ3v) is 7.22. The molecule has 1 fully saturated rings. The van der Waals surface area contributed by atoms with Gasteiger partial charge in [0.15, 0.2) is 5.78 Å². The van der Waals surface area contributed by atoms with E-state index >= 15 is 0 Å². The Morgan fingerprint density at radius 3 is 2.77 bits per heavy atom. The molecule has 3 heterocycles. The van der Waals surface area contributed by atoms with Crippen molar-refractivity contribution in [2.24, 2.45) is 5.41 Å². The number of morpholine rings is 1. The number of nitrogens with zero attached hydrogens (tertiary/aromatic N) is 2. The Bertz CT molecular complexity index is 1080. The molecule has 153 valence electrons. The number of thiophene rings is 1. The summed E-state index contributed by atoms with van der Waals surface area (Å²) >= 11 is 1.67. The second-order valence-electron chi connectivity index (χ2n) is 8.85. The molecule has 5 heteroatoms. The van der Waals surface area contributed by atoms with Gasteiger partial charge < -0.3 is 9.64 Å². The first-order chi connectivity index (χ1) is 14.5. The van der Waals surface area contributed by atoms with Crippen molar-refractivity contribution in [1.29, 1.82) is 0 Å². The van der Waals surface area contributed by atoms with Crippen LogP contribution in [0.4, 0.5) is 5.00 Å². The maximum absolute atomic E-state index is 13.0. The molecular formula is C25H25N2O2S. The Balaban J connectivity index is 1.68. The number of ether oxygens (including phenoxy) is 1. The third kappa shape index (κ3) is 3.57. The van der Waals surface area contributed by atoms with Crippen molar-refractivity contribution in [1.82, 2.24) is 4.98 Å². The highest BCUT2D eigenvalue weighted by atomic mass is 32.1. The number of fused-ring (bicyclic) bond motifs is 1. The molecule has 0 N–H and O–H groups in total. The number of Topliss-reactive ketones (excluding diaryl/α,β-unsaturated/α-hetero) is 1. The standard InChI is InChI=1S/C25H25N2O2S/c1-25(2)15-19-22(18-8-9-26-20(14-18)17-6-4-3-5-7-17)24(27-10-12-29-13-11-27)30-23(19)21(28)16-25/h3-4,6-9,14H,10-13,15-16H2,1-2H3. The molecule has 4 nitrogen and oxygen atoms in total. The molecule has 1 radical (unpaired) electrons. The number of pyridine rings is 1. The van der Waals surface area contributed by atoms with Crippen molar-refractivity contribution in [3.05, 3.63) is 59.1 Å². The van der Waals surface area contributed by atoms with Crippen LogP contribution in [0.3, 0.4) is 0 Å². The molecular weight excluding hydrogens is 392 g/mol. The number of aromatic nitrogens is 1. The Morgan fingerprint density at radius 2 is 2.00 bits per heavy atom. The third-order valence-electron chi connectivity index (χ3n) is 5.89. The minimum Gasteiger partial charge on any atom is -0.378 e. The van der Waals surface area contributed by atoms with Crippen LogP contribution in [0.2, 0.25) is 0 Å². The van der Waals surface area contributed by atoms with Gasteiger partial charge in [0.25, 0.3) is 0 Å². The fourth-order valence-electron chi connectivity index (χ4n) is 4.49. The summed E-state index contributed by atoms with van der Waals surface area (Å²) in [5.74, 6) is 0.277. The number of carbonyl (C=O) groups is 1. The minimum atomic E-state index is -0.0214. The number of hydrogen-bond acceptors (Lipinski definition) is 5. The average Bonchev–Trinajstić information content (AvgIpc) is 3.14. The van der Waals surface area contributed by atoms with Crippen molar-refractivity contribution < 1.29 is 9.53 Å². The van der Waals surface area contributed by atoms with Gasteiger partial charge in [0, 0.05) is 36.8 Å².